The highest BCUT2D eigenvalue weighted by atomic mass is 16.2. The van der Waals surface area contributed by atoms with Gasteiger partial charge in [-0.15, -0.1) is 0 Å². The van der Waals surface area contributed by atoms with E-state index < -0.39 is 6.04 Å². The Kier molecular flexibility index (Phi) is 6.44. The van der Waals surface area contributed by atoms with Crippen molar-refractivity contribution in [1.29, 1.82) is 0 Å². The number of amides is 1. The Morgan fingerprint density at radius 3 is 2.56 bits per heavy atom. The Morgan fingerprint density at radius 2 is 1.94 bits per heavy atom. The molecule has 0 bridgehead atoms. The molecule has 1 aromatic carbocycles. The maximum Gasteiger partial charge on any atom is 0.237 e. The lowest BCUT2D eigenvalue weighted by molar-refractivity contribution is -0.122. The third-order valence-corrected chi connectivity index (χ3v) is 2.89. The number of nitrogens with one attached hydrogen (secondary N) is 1. The van der Waals surface area contributed by atoms with Crippen LogP contribution >= 0.6 is 0 Å². The fourth-order valence-corrected chi connectivity index (χ4v) is 1.81. The average molecular weight is 248 g/mol. The molecule has 0 aliphatic heterocycles. The minimum Gasteiger partial charge on any atom is -0.355 e. The summed E-state index contributed by atoms with van der Waals surface area (Å²) in [6.45, 7) is 5.09. The van der Waals surface area contributed by atoms with Gasteiger partial charge in [0, 0.05) is 6.54 Å². The normalized spacial score (nSPS) is 12.4. The van der Waals surface area contributed by atoms with E-state index in [1.54, 1.807) is 0 Å². The quantitative estimate of drug-likeness (QED) is 0.726. The monoisotopic (exact) mass is 248 g/mol. The second-order valence-corrected chi connectivity index (χ2v) is 5.12. The van der Waals surface area contributed by atoms with Crippen molar-refractivity contribution in [1.82, 2.24) is 5.32 Å². The first-order valence-electron chi connectivity index (χ1n) is 6.67. The topological polar surface area (TPSA) is 55.1 Å². The van der Waals surface area contributed by atoms with Gasteiger partial charge in [0.2, 0.25) is 5.91 Å². The lowest BCUT2D eigenvalue weighted by atomic mass is 10.1. The summed E-state index contributed by atoms with van der Waals surface area (Å²) in [6, 6.07) is 9.41. The summed E-state index contributed by atoms with van der Waals surface area (Å²) in [5, 5.41) is 2.89. The molecule has 0 heterocycles. The van der Waals surface area contributed by atoms with Gasteiger partial charge in [-0.3, -0.25) is 4.79 Å². The van der Waals surface area contributed by atoms with Gasteiger partial charge in [-0.2, -0.15) is 0 Å². The molecule has 0 spiro atoms. The molecular weight excluding hydrogens is 224 g/mol. The summed E-state index contributed by atoms with van der Waals surface area (Å²) in [7, 11) is 0. The van der Waals surface area contributed by atoms with Crippen molar-refractivity contribution < 1.29 is 4.79 Å². The molecule has 1 aromatic rings. The molecule has 3 N–H and O–H groups in total. The number of benzene rings is 1. The van der Waals surface area contributed by atoms with Gasteiger partial charge in [-0.05, 0) is 30.7 Å². The molecule has 1 unspecified atom stereocenters. The molecular formula is C15H24N2O. The van der Waals surface area contributed by atoms with E-state index in [9.17, 15) is 4.79 Å². The van der Waals surface area contributed by atoms with Crippen LogP contribution in [0.3, 0.4) is 0 Å². The minimum atomic E-state index is -0.452. The highest BCUT2D eigenvalue weighted by Gasteiger charge is 2.13. The predicted octanol–water partition coefficient (Wildman–Crippen LogP) is 2.11. The third kappa shape index (κ3) is 5.82. The number of carbonyl (C=O) groups is 1. The van der Waals surface area contributed by atoms with Crippen LogP contribution in [0, 0.1) is 5.92 Å². The van der Waals surface area contributed by atoms with E-state index in [1.807, 2.05) is 30.3 Å². The fourth-order valence-electron chi connectivity index (χ4n) is 1.81. The van der Waals surface area contributed by atoms with Crippen LogP contribution in [0.5, 0.6) is 0 Å². The van der Waals surface area contributed by atoms with Crippen molar-refractivity contribution in [2.24, 2.45) is 11.7 Å². The molecule has 18 heavy (non-hydrogen) atoms. The molecule has 0 fully saturated rings. The van der Waals surface area contributed by atoms with Crippen LogP contribution in [-0.2, 0) is 11.2 Å². The van der Waals surface area contributed by atoms with E-state index in [1.165, 1.54) is 0 Å². The Hall–Kier alpha value is -1.35. The smallest absolute Gasteiger partial charge is 0.237 e. The van der Waals surface area contributed by atoms with Crippen LogP contribution in [0.2, 0.25) is 0 Å². The lowest BCUT2D eigenvalue weighted by Gasteiger charge is -2.12. The van der Waals surface area contributed by atoms with Gasteiger partial charge in [-0.1, -0.05) is 44.2 Å². The molecule has 0 aliphatic rings. The SMILES string of the molecule is CC(C)CCCNC(=O)C(N)Cc1ccccc1. The molecule has 0 aromatic heterocycles. The van der Waals surface area contributed by atoms with Gasteiger partial charge in [0.05, 0.1) is 6.04 Å². The first kappa shape index (κ1) is 14.7. The van der Waals surface area contributed by atoms with Crippen molar-refractivity contribution in [3.05, 3.63) is 35.9 Å². The number of hydrogen-bond donors (Lipinski definition) is 2. The van der Waals surface area contributed by atoms with Crippen molar-refractivity contribution in [3.63, 3.8) is 0 Å². The summed E-state index contributed by atoms with van der Waals surface area (Å²) in [6.07, 6.45) is 2.74. The Balaban J connectivity index is 2.25. The summed E-state index contributed by atoms with van der Waals surface area (Å²) in [5.74, 6) is 0.627. The van der Waals surface area contributed by atoms with E-state index in [4.69, 9.17) is 5.73 Å². The molecule has 0 saturated carbocycles. The Morgan fingerprint density at radius 1 is 1.28 bits per heavy atom. The van der Waals surface area contributed by atoms with Gasteiger partial charge in [0.1, 0.15) is 0 Å². The second kappa shape index (κ2) is 7.88. The Bertz CT molecular complexity index is 349. The highest BCUT2D eigenvalue weighted by molar-refractivity contribution is 5.81. The molecule has 0 saturated heterocycles. The second-order valence-electron chi connectivity index (χ2n) is 5.12. The van der Waals surface area contributed by atoms with Crippen molar-refractivity contribution >= 4 is 5.91 Å². The average Bonchev–Trinajstić information content (AvgIpc) is 2.35. The van der Waals surface area contributed by atoms with Crippen LogP contribution in [0.1, 0.15) is 32.3 Å². The standard InChI is InChI=1S/C15H24N2O/c1-12(2)7-6-10-17-15(18)14(16)11-13-8-4-3-5-9-13/h3-5,8-9,12,14H,6-7,10-11,16H2,1-2H3,(H,17,18). The van der Waals surface area contributed by atoms with E-state index in [2.05, 4.69) is 19.2 Å². The predicted molar refractivity (Wildman–Crippen MR) is 75.2 cm³/mol. The largest absolute Gasteiger partial charge is 0.355 e. The summed E-state index contributed by atoms with van der Waals surface area (Å²) in [5.41, 5.74) is 6.98. The maximum atomic E-state index is 11.8. The van der Waals surface area contributed by atoms with Crippen molar-refractivity contribution in [2.45, 2.75) is 39.2 Å². The van der Waals surface area contributed by atoms with E-state index >= 15 is 0 Å². The van der Waals surface area contributed by atoms with E-state index in [0.717, 1.165) is 24.9 Å². The molecule has 3 heteroatoms. The summed E-state index contributed by atoms with van der Waals surface area (Å²) in [4.78, 5) is 11.8. The Labute approximate surface area is 110 Å². The molecule has 0 radical (unpaired) electrons. The van der Waals surface area contributed by atoms with Gasteiger partial charge < -0.3 is 11.1 Å². The fraction of sp³-hybridized carbons (Fsp3) is 0.533. The molecule has 3 nitrogen and oxygen atoms in total. The number of nitrogens with two attached hydrogens (primary N) is 1. The zero-order chi connectivity index (χ0) is 13.4. The lowest BCUT2D eigenvalue weighted by Crippen LogP contribution is -2.42. The minimum absolute atomic E-state index is 0.0531. The van der Waals surface area contributed by atoms with Gasteiger partial charge in [-0.25, -0.2) is 0 Å². The van der Waals surface area contributed by atoms with Crippen molar-refractivity contribution in [3.8, 4) is 0 Å². The highest BCUT2D eigenvalue weighted by Crippen LogP contribution is 2.03. The molecule has 1 atom stereocenters. The van der Waals surface area contributed by atoms with E-state index in [0.29, 0.717) is 12.3 Å². The zero-order valence-corrected chi connectivity index (χ0v) is 11.4. The van der Waals surface area contributed by atoms with Crippen molar-refractivity contribution in [2.75, 3.05) is 6.54 Å². The van der Waals surface area contributed by atoms with Crippen LogP contribution in [0.25, 0.3) is 0 Å². The maximum absolute atomic E-state index is 11.8. The third-order valence-electron chi connectivity index (χ3n) is 2.89. The molecule has 0 aliphatic carbocycles. The first-order chi connectivity index (χ1) is 8.59. The zero-order valence-electron chi connectivity index (χ0n) is 11.4. The van der Waals surface area contributed by atoms with Gasteiger partial charge in [0.15, 0.2) is 0 Å². The molecule has 1 amide bonds. The number of hydrogen-bond acceptors (Lipinski definition) is 2. The molecule has 100 valence electrons. The van der Waals surface area contributed by atoms with E-state index in [-0.39, 0.29) is 5.91 Å². The molecule has 1 rings (SSSR count). The van der Waals surface area contributed by atoms with Crippen LogP contribution in [-0.4, -0.2) is 18.5 Å². The number of carbonyl (C=O) groups excluding carboxylic acids is 1. The van der Waals surface area contributed by atoms with Gasteiger partial charge in [0.25, 0.3) is 0 Å². The number of rotatable bonds is 7. The summed E-state index contributed by atoms with van der Waals surface area (Å²) < 4.78 is 0. The first-order valence-corrected chi connectivity index (χ1v) is 6.67. The van der Waals surface area contributed by atoms with Gasteiger partial charge >= 0.3 is 0 Å². The van der Waals surface area contributed by atoms with Crippen LogP contribution in [0.4, 0.5) is 0 Å². The van der Waals surface area contributed by atoms with Crippen LogP contribution in [0.15, 0.2) is 30.3 Å². The summed E-state index contributed by atoms with van der Waals surface area (Å²) >= 11 is 0. The van der Waals surface area contributed by atoms with Crippen LogP contribution < -0.4 is 11.1 Å².